The minimum absolute atomic E-state index is 0. The highest BCUT2D eigenvalue weighted by Crippen LogP contribution is 2.32. The number of alkyl halides is 2. The van der Waals surface area contributed by atoms with Crippen LogP contribution in [0.5, 0.6) is 11.5 Å². The number of hydrogen-bond acceptors (Lipinski definition) is 5. The Bertz CT molecular complexity index is 787. The first-order valence-corrected chi connectivity index (χ1v) is 9.90. The number of nitrogens with one attached hydrogen (secondary N) is 2. The molecule has 0 aliphatic heterocycles. The lowest BCUT2D eigenvalue weighted by Gasteiger charge is -2.17. The van der Waals surface area contributed by atoms with Gasteiger partial charge in [-0.25, -0.2) is 4.98 Å². The number of para-hydroxylation sites is 1. The van der Waals surface area contributed by atoms with Crippen LogP contribution >= 0.6 is 35.3 Å². The van der Waals surface area contributed by atoms with E-state index in [1.54, 1.807) is 43.5 Å². The SMILES string of the molecule is CCOc1cccc(CNC(=NC)NCc2csc(C(C)C)n2)c1OC(F)F.I. The Morgan fingerprint density at radius 2 is 1.97 bits per heavy atom. The molecule has 2 rings (SSSR count). The van der Waals surface area contributed by atoms with Crippen LogP contribution in [0.1, 0.15) is 43.0 Å². The Morgan fingerprint density at radius 3 is 2.55 bits per heavy atom. The summed E-state index contributed by atoms with van der Waals surface area (Å²) in [5.74, 6) is 1.24. The van der Waals surface area contributed by atoms with Gasteiger partial charge in [0.2, 0.25) is 0 Å². The summed E-state index contributed by atoms with van der Waals surface area (Å²) in [6, 6.07) is 5.04. The number of rotatable bonds is 9. The van der Waals surface area contributed by atoms with Gasteiger partial charge in [0.15, 0.2) is 17.5 Å². The van der Waals surface area contributed by atoms with Crippen LogP contribution in [0.15, 0.2) is 28.6 Å². The van der Waals surface area contributed by atoms with E-state index >= 15 is 0 Å². The monoisotopic (exact) mass is 540 g/mol. The van der Waals surface area contributed by atoms with Gasteiger partial charge in [-0.15, -0.1) is 35.3 Å². The molecule has 0 radical (unpaired) electrons. The van der Waals surface area contributed by atoms with Gasteiger partial charge < -0.3 is 20.1 Å². The summed E-state index contributed by atoms with van der Waals surface area (Å²) >= 11 is 1.63. The molecule has 1 aromatic carbocycles. The van der Waals surface area contributed by atoms with Crippen molar-refractivity contribution in [2.45, 2.75) is 46.4 Å². The summed E-state index contributed by atoms with van der Waals surface area (Å²) in [6.07, 6.45) is 0. The van der Waals surface area contributed by atoms with E-state index in [1.807, 2.05) is 5.38 Å². The summed E-state index contributed by atoms with van der Waals surface area (Å²) in [4.78, 5) is 8.73. The van der Waals surface area contributed by atoms with Crippen LogP contribution in [0.3, 0.4) is 0 Å². The zero-order valence-corrected chi connectivity index (χ0v) is 20.0. The maximum Gasteiger partial charge on any atom is 0.387 e. The second-order valence-corrected chi connectivity index (χ2v) is 7.06. The predicted molar refractivity (Wildman–Crippen MR) is 123 cm³/mol. The third kappa shape index (κ3) is 7.92. The molecule has 0 saturated heterocycles. The molecular formula is C19H27F2IN4O2S. The van der Waals surface area contributed by atoms with Crippen molar-refractivity contribution in [3.63, 3.8) is 0 Å². The molecule has 10 heteroatoms. The van der Waals surface area contributed by atoms with Crippen molar-refractivity contribution in [2.75, 3.05) is 13.7 Å². The largest absolute Gasteiger partial charge is 0.490 e. The summed E-state index contributed by atoms with van der Waals surface area (Å²) in [7, 11) is 1.64. The Hall–Kier alpha value is -1.69. The van der Waals surface area contributed by atoms with E-state index in [9.17, 15) is 8.78 Å². The van der Waals surface area contributed by atoms with Crippen molar-refractivity contribution in [1.29, 1.82) is 0 Å². The molecule has 0 amide bonds. The normalized spacial score (nSPS) is 11.4. The number of hydrogen-bond donors (Lipinski definition) is 2. The Morgan fingerprint density at radius 1 is 1.24 bits per heavy atom. The lowest BCUT2D eigenvalue weighted by molar-refractivity contribution is -0.0520. The van der Waals surface area contributed by atoms with Crippen molar-refractivity contribution in [2.24, 2.45) is 4.99 Å². The smallest absolute Gasteiger partial charge is 0.387 e. The maximum atomic E-state index is 12.8. The summed E-state index contributed by atoms with van der Waals surface area (Å²) < 4.78 is 35.7. The van der Waals surface area contributed by atoms with E-state index in [0.717, 1.165) is 10.7 Å². The molecule has 0 saturated carbocycles. The fourth-order valence-corrected chi connectivity index (χ4v) is 3.27. The Labute approximate surface area is 191 Å². The number of benzene rings is 1. The molecule has 2 aromatic rings. The van der Waals surface area contributed by atoms with E-state index in [1.165, 1.54) is 0 Å². The fourth-order valence-electron chi connectivity index (χ4n) is 2.44. The first kappa shape index (κ1) is 25.3. The second-order valence-electron chi connectivity index (χ2n) is 6.17. The van der Waals surface area contributed by atoms with Crippen LogP contribution in [-0.4, -0.2) is 31.2 Å². The van der Waals surface area contributed by atoms with Gasteiger partial charge in [-0.05, 0) is 13.0 Å². The summed E-state index contributed by atoms with van der Waals surface area (Å²) in [5.41, 5.74) is 1.47. The molecular weight excluding hydrogens is 513 g/mol. The van der Waals surface area contributed by atoms with E-state index in [2.05, 4.69) is 39.2 Å². The van der Waals surface area contributed by atoms with Crippen LogP contribution in [0.25, 0.3) is 0 Å². The molecule has 0 unspecified atom stereocenters. The molecule has 6 nitrogen and oxygen atoms in total. The third-order valence-electron chi connectivity index (χ3n) is 3.74. The quantitative estimate of drug-likeness (QED) is 0.273. The van der Waals surface area contributed by atoms with Gasteiger partial charge in [-0.3, -0.25) is 4.99 Å². The zero-order valence-electron chi connectivity index (χ0n) is 16.9. The lowest BCUT2D eigenvalue weighted by atomic mass is 10.2. The van der Waals surface area contributed by atoms with Gasteiger partial charge in [0.25, 0.3) is 0 Å². The minimum Gasteiger partial charge on any atom is -0.490 e. The highest BCUT2D eigenvalue weighted by atomic mass is 127. The highest BCUT2D eigenvalue weighted by molar-refractivity contribution is 14.0. The number of halogens is 3. The molecule has 0 fully saturated rings. The summed E-state index contributed by atoms with van der Waals surface area (Å²) in [6.45, 7) is 4.17. The topological polar surface area (TPSA) is 67.8 Å². The molecule has 162 valence electrons. The van der Waals surface area contributed by atoms with Gasteiger partial charge in [0, 0.05) is 30.5 Å². The number of aromatic nitrogens is 1. The van der Waals surface area contributed by atoms with E-state index in [0.29, 0.717) is 30.6 Å². The van der Waals surface area contributed by atoms with E-state index in [-0.39, 0.29) is 42.0 Å². The molecule has 29 heavy (non-hydrogen) atoms. The molecule has 0 aliphatic carbocycles. The summed E-state index contributed by atoms with van der Waals surface area (Å²) in [5, 5.41) is 9.37. The first-order valence-electron chi connectivity index (χ1n) is 9.02. The number of ether oxygens (including phenoxy) is 2. The van der Waals surface area contributed by atoms with Crippen molar-refractivity contribution in [1.82, 2.24) is 15.6 Å². The van der Waals surface area contributed by atoms with Crippen LogP contribution in [-0.2, 0) is 13.1 Å². The van der Waals surface area contributed by atoms with E-state index < -0.39 is 6.61 Å². The maximum absolute atomic E-state index is 12.8. The molecule has 0 aliphatic rings. The molecule has 2 N–H and O–H groups in total. The molecule has 1 heterocycles. The van der Waals surface area contributed by atoms with Gasteiger partial charge in [-0.2, -0.15) is 8.78 Å². The Balaban J connectivity index is 0.00000420. The van der Waals surface area contributed by atoms with Crippen molar-refractivity contribution < 1.29 is 18.3 Å². The molecule has 0 spiro atoms. The number of guanidine groups is 1. The average Bonchev–Trinajstić information content (AvgIpc) is 3.13. The predicted octanol–water partition coefficient (Wildman–Crippen LogP) is 4.75. The van der Waals surface area contributed by atoms with Crippen LogP contribution in [0.2, 0.25) is 0 Å². The fraction of sp³-hybridized carbons (Fsp3) is 0.474. The first-order chi connectivity index (χ1) is 13.4. The average molecular weight is 540 g/mol. The highest BCUT2D eigenvalue weighted by Gasteiger charge is 2.16. The molecule has 1 aromatic heterocycles. The zero-order chi connectivity index (χ0) is 20.5. The minimum atomic E-state index is -2.93. The third-order valence-corrected chi connectivity index (χ3v) is 4.93. The van der Waals surface area contributed by atoms with Crippen LogP contribution in [0, 0.1) is 0 Å². The van der Waals surface area contributed by atoms with Crippen LogP contribution in [0.4, 0.5) is 8.78 Å². The standard InChI is InChI=1S/C19H26F2N4O2S.HI/c1-5-26-15-8-6-7-13(16(15)27-18(20)21)9-23-19(22-4)24-10-14-11-28-17(25-14)12(2)3;/h6-8,11-12,18H,5,9-10H2,1-4H3,(H2,22,23,24);1H. The van der Waals surface area contributed by atoms with E-state index in [4.69, 9.17) is 4.74 Å². The van der Waals surface area contributed by atoms with Crippen molar-refractivity contribution in [3.05, 3.63) is 39.8 Å². The van der Waals surface area contributed by atoms with Crippen LogP contribution < -0.4 is 20.1 Å². The van der Waals surface area contributed by atoms with Gasteiger partial charge in [-0.1, -0.05) is 26.0 Å². The van der Waals surface area contributed by atoms with Gasteiger partial charge in [0.1, 0.15) is 0 Å². The van der Waals surface area contributed by atoms with Crippen molar-refractivity contribution in [3.8, 4) is 11.5 Å². The number of nitrogens with zero attached hydrogens (tertiary/aromatic N) is 2. The molecule has 0 atom stereocenters. The number of aliphatic imine (C=N–C) groups is 1. The van der Waals surface area contributed by atoms with Gasteiger partial charge in [0.05, 0.1) is 23.9 Å². The lowest BCUT2D eigenvalue weighted by Crippen LogP contribution is -2.36. The Kier molecular flexibility index (Phi) is 11.2. The molecule has 0 bridgehead atoms. The van der Waals surface area contributed by atoms with Crippen molar-refractivity contribution >= 4 is 41.3 Å². The number of thiazole rings is 1. The van der Waals surface area contributed by atoms with Gasteiger partial charge >= 0.3 is 6.61 Å². The second kappa shape index (κ2) is 12.8.